The Balaban J connectivity index is 1.75. The molecule has 0 atom stereocenters. The minimum absolute atomic E-state index is 0.117. The molecule has 0 saturated heterocycles. The predicted octanol–water partition coefficient (Wildman–Crippen LogP) is 4.61. The van der Waals surface area contributed by atoms with E-state index in [4.69, 9.17) is 4.74 Å². The van der Waals surface area contributed by atoms with Gasteiger partial charge in [0.05, 0.1) is 5.56 Å². The summed E-state index contributed by atoms with van der Waals surface area (Å²) >= 11 is 0. The predicted molar refractivity (Wildman–Crippen MR) is 95.1 cm³/mol. The maximum absolute atomic E-state index is 6.81. The molecule has 1 aromatic heterocycles. The molecule has 2 aliphatic carbocycles. The van der Waals surface area contributed by atoms with Crippen LogP contribution in [0.25, 0.3) is 11.3 Å². The van der Waals surface area contributed by atoms with Crippen molar-refractivity contribution in [3.8, 4) is 17.0 Å². The second kappa shape index (κ2) is 4.84. The van der Waals surface area contributed by atoms with Crippen LogP contribution in [-0.2, 0) is 12.5 Å². The Kier molecular flexibility index (Phi) is 2.93. The van der Waals surface area contributed by atoms with Crippen LogP contribution in [-0.4, -0.2) is 5.60 Å². The molecule has 2 aromatic rings. The molecule has 2 spiro atoms. The van der Waals surface area contributed by atoms with E-state index in [0.717, 1.165) is 0 Å². The number of nitrogens with zero attached hydrogens (tertiary/aromatic N) is 1. The van der Waals surface area contributed by atoms with E-state index in [-0.39, 0.29) is 11.0 Å². The summed E-state index contributed by atoms with van der Waals surface area (Å²) in [4.78, 5) is 0. The first kappa shape index (κ1) is 14.5. The maximum atomic E-state index is 6.81. The standard InChI is InChI=1S/C22H26NO/c1-16-9-10-17-20(19(16)18-8-4-7-15-23(18)2)24-22(13-14-22)21(17)11-5-3-6-12-21/h4,7-10,15H,3,5-6,11-14H2,1-2H3/q+1. The number of fused-ring (bicyclic) bond motifs is 3. The van der Waals surface area contributed by atoms with Gasteiger partial charge in [-0.2, -0.15) is 0 Å². The van der Waals surface area contributed by atoms with E-state index in [1.807, 2.05) is 0 Å². The molecule has 1 aromatic carbocycles. The van der Waals surface area contributed by atoms with Crippen molar-refractivity contribution in [2.24, 2.45) is 7.05 Å². The molecule has 0 bridgehead atoms. The van der Waals surface area contributed by atoms with Gasteiger partial charge in [-0.15, -0.1) is 0 Å². The Hall–Kier alpha value is -1.83. The van der Waals surface area contributed by atoms with Gasteiger partial charge in [-0.1, -0.05) is 31.4 Å². The average molecular weight is 320 g/mol. The summed E-state index contributed by atoms with van der Waals surface area (Å²) in [6.45, 7) is 2.22. The third kappa shape index (κ3) is 1.75. The topological polar surface area (TPSA) is 13.1 Å². The summed E-state index contributed by atoms with van der Waals surface area (Å²) in [6.07, 6.45) is 11.3. The normalized spacial score (nSPS) is 22.4. The van der Waals surface area contributed by atoms with E-state index in [1.165, 1.54) is 73.1 Å². The van der Waals surface area contributed by atoms with Gasteiger partial charge in [0.2, 0.25) is 5.69 Å². The summed E-state index contributed by atoms with van der Waals surface area (Å²) in [5, 5.41) is 0. The summed E-state index contributed by atoms with van der Waals surface area (Å²) in [5.41, 5.74) is 5.80. The Labute approximate surface area is 144 Å². The first-order chi connectivity index (χ1) is 11.7. The molecular weight excluding hydrogens is 294 g/mol. The van der Waals surface area contributed by atoms with Crippen molar-refractivity contribution in [1.29, 1.82) is 0 Å². The second-order valence-electron chi connectivity index (χ2n) is 8.07. The Morgan fingerprint density at radius 1 is 0.958 bits per heavy atom. The lowest BCUT2D eigenvalue weighted by atomic mass is 9.65. The lowest BCUT2D eigenvalue weighted by Crippen LogP contribution is -2.41. The largest absolute Gasteiger partial charge is 0.485 e. The first-order valence-corrected chi connectivity index (χ1v) is 9.45. The highest BCUT2D eigenvalue weighted by atomic mass is 16.5. The number of benzene rings is 1. The SMILES string of the molecule is Cc1ccc2c(c1-c1cccc[n+]1C)OC1(CC1)C21CCCCC1. The summed E-state index contributed by atoms with van der Waals surface area (Å²) in [6, 6.07) is 11.1. The summed E-state index contributed by atoms with van der Waals surface area (Å²) in [7, 11) is 2.13. The van der Waals surface area contributed by atoms with Gasteiger partial charge in [0, 0.05) is 23.1 Å². The van der Waals surface area contributed by atoms with Crippen LogP contribution in [0.1, 0.15) is 56.1 Å². The van der Waals surface area contributed by atoms with Gasteiger partial charge in [-0.25, -0.2) is 4.57 Å². The van der Waals surface area contributed by atoms with Crippen molar-refractivity contribution in [3.63, 3.8) is 0 Å². The molecule has 124 valence electrons. The molecule has 2 heteroatoms. The lowest BCUT2D eigenvalue weighted by molar-refractivity contribution is -0.660. The second-order valence-corrected chi connectivity index (χ2v) is 8.07. The first-order valence-electron chi connectivity index (χ1n) is 9.45. The van der Waals surface area contributed by atoms with Crippen LogP contribution in [0.5, 0.6) is 5.75 Å². The van der Waals surface area contributed by atoms with Crippen molar-refractivity contribution >= 4 is 0 Å². The Morgan fingerprint density at radius 3 is 2.46 bits per heavy atom. The minimum Gasteiger partial charge on any atom is -0.485 e. The minimum atomic E-state index is 0.117. The van der Waals surface area contributed by atoms with E-state index in [9.17, 15) is 0 Å². The van der Waals surface area contributed by atoms with Crippen LogP contribution in [0.4, 0.5) is 0 Å². The molecule has 5 rings (SSSR count). The number of hydrogen-bond acceptors (Lipinski definition) is 1. The smallest absolute Gasteiger partial charge is 0.216 e. The zero-order valence-corrected chi connectivity index (χ0v) is 14.8. The van der Waals surface area contributed by atoms with Gasteiger partial charge in [-0.05, 0) is 44.2 Å². The van der Waals surface area contributed by atoms with Gasteiger partial charge in [-0.3, -0.25) is 0 Å². The molecule has 0 unspecified atom stereocenters. The van der Waals surface area contributed by atoms with Crippen molar-refractivity contribution in [2.45, 2.75) is 62.9 Å². The van der Waals surface area contributed by atoms with E-state index < -0.39 is 0 Å². The van der Waals surface area contributed by atoms with Gasteiger partial charge < -0.3 is 4.74 Å². The molecule has 2 fully saturated rings. The fourth-order valence-corrected chi connectivity index (χ4v) is 5.38. The summed E-state index contributed by atoms with van der Waals surface area (Å²) in [5.74, 6) is 1.19. The Bertz CT molecular complexity index is 813. The van der Waals surface area contributed by atoms with Crippen molar-refractivity contribution in [3.05, 3.63) is 47.7 Å². The zero-order chi connectivity index (χ0) is 16.4. The highest BCUT2D eigenvalue weighted by Crippen LogP contribution is 2.67. The van der Waals surface area contributed by atoms with Gasteiger partial charge in [0.1, 0.15) is 18.4 Å². The third-order valence-corrected chi connectivity index (χ3v) is 6.77. The molecule has 24 heavy (non-hydrogen) atoms. The van der Waals surface area contributed by atoms with Crippen molar-refractivity contribution in [1.82, 2.24) is 0 Å². The van der Waals surface area contributed by atoms with Gasteiger partial charge in [0.25, 0.3) is 0 Å². The van der Waals surface area contributed by atoms with Crippen molar-refractivity contribution in [2.75, 3.05) is 0 Å². The quantitative estimate of drug-likeness (QED) is 0.699. The van der Waals surface area contributed by atoms with E-state index in [2.05, 4.69) is 55.1 Å². The van der Waals surface area contributed by atoms with E-state index >= 15 is 0 Å². The van der Waals surface area contributed by atoms with Crippen molar-refractivity contribution < 1.29 is 9.30 Å². The molecule has 2 saturated carbocycles. The molecule has 2 nitrogen and oxygen atoms in total. The monoisotopic (exact) mass is 320 g/mol. The zero-order valence-electron chi connectivity index (χ0n) is 14.8. The van der Waals surface area contributed by atoms with Crippen LogP contribution >= 0.6 is 0 Å². The molecule has 0 N–H and O–H groups in total. The van der Waals surface area contributed by atoms with E-state index in [1.54, 1.807) is 0 Å². The molecular formula is C22H26NO+. The highest BCUT2D eigenvalue weighted by Gasteiger charge is 2.67. The Morgan fingerprint density at radius 2 is 1.75 bits per heavy atom. The lowest BCUT2D eigenvalue weighted by Gasteiger charge is -2.38. The summed E-state index contributed by atoms with van der Waals surface area (Å²) < 4.78 is 9.03. The average Bonchev–Trinajstić information content (AvgIpc) is 3.33. The molecule has 1 aliphatic heterocycles. The van der Waals surface area contributed by atoms with E-state index in [0.29, 0.717) is 0 Å². The molecule has 0 amide bonds. The number of rotatable bonds is 1. The number of pyridine rings is 1. The van der Waals surface area contributed by atoms with Crippen LogP contribution in [0, 0.1) is 6.92 Å². The fourth-order valence-electron chi connectivity index (χ4n) is 5.38. The number of ether oxygens (including phenoxy) is 1. The van der Waals surface area contributed by atoms with Crippen LogP contribution < -0.4 is 9.30 Å². The third-order valence-electron chi connectivity index (χ3n) is 6.77. The molecule has 0 radical (unpaired) electrons. The number of aromatic nitrogens is 1. The highest BCUT2D eigenvalue weighted by molar-refractivity contribution is 5.74. The fraction of sp³-hybridized carbons (Fsp3) is 0.500. The maximum Gasteiger partial charge on any atom is 0.216 e. The molecule has 3 aliphatic rings. The number of aryl methyl sites for hydroxylation is 2. The van der Waals surface area contributed by atoms with Crippen LogP contribution in [0.3, 0.4) is 0 Å². The number of hydrogen-bond donors (Lipinski definition) is 0. The van der Waals surface area contributed by atoms with Gasteiger partial charge in [0.15, 0.2) is 6.20 Å². The van der Waals surface area contributed by atoms with Crippen LogP contribution in [0.2, 0.25) is 0 Å². The van der Waals surface area contributed by atoms with Gasteiger partial charge >= 0.3 is 0 Å². The van der Waals surface area contributed by atoms with Crippen LogP contribution in [0.15, 0.2) is 36.5 Å². The molecule has 2 heterocycles.